The zero-order valence-electron chi connectivity index (χ0n) is 14.0. The molecule has 1 aliphatic rings. The summed E-state index contributed by atoms with van der Waals surface area (Å²) in [5.41, 5.74) is 3.42. The molecule has 0 spiro atoms. The van der Waals surface area contributed by atoms with Gasteiger partial charge in [-0.05, 0) is 41.8 Å². The second-order valence-corrected chi connectivity index (χ2v) is 6.19. The molecule has 2 aromatic rings. The number of piperazine rings is 1. The summed E-state index contributed by atoms with van der Waals surface area (Å²) in [6, 6.07) is 14.8. The molecule has 1 aliphatic heterocycles. The maximum Gasteiger partial charge on any atom is 0.227 e. The molecule has 4 heteroatoms. The Balaban J connectivity index is 1.54. The molecule has 0 atom stereocenters. The van der Waals surface area contributed by atoms with Gasteiger partial charge in [-0.25, -0.2) is 4.39 Å². The van der Waals surface area contributed by atoms with E-state index in [4.69, 9.17) is 0 Å². The molecule has 1 heterocycles. The second-order valence-electron chi connectivity index (χ2n) is 6.19. The average molecular weight is 326 g/mol. The molecule has 126 valence electrons. The van der Waals surface area contributed by atoms with Gasteiger partial charge in [-0.15, -0.1) is 0 Å². The standard InChI is InChI=1S/C20H23FN2O/c1-2-16-5-9-19(10-6-16)22-11-13-23(14-12-22)20(24)15-17-3-7-18(21)8-4-17/h3-10H,2,11-15H2,1H3. The van der Waals surface area contributed by atoms with E-state index in [0.29, 0.717) is 6.42 Å². The molecule has 1 amide bonds. The van der Waals surface area contributed by atoms with Gasteiger partial charge in [0.1, 0.15) is 5.82 Å². The van der Waals surface area contributed by atoms with Crippen molar-refractivity contribution in [3.63, 3.8) is 0 Å². The van der Waals surface area contributed by atoms with Gasteiger partial charge < -0.3 is 9.80 Å². The van der Waals surface area contributed by atoms with E-state index in [0.717, 1.165) is 38.2 Å². The molecule has 0 aliphatic carbocycles. The van der Waals surface area contributed by atoms with Gasteiger partial charge in [0.15, 0.2) is 0 Å². The van der Waals surface area contributed by atoms with Gasteiger partial charge in [0.25, 0.3) is 0 Å². The van der Waals surface area contributed by atoms with E-state index in [1.54, 1.807) is 12.1 Å². The Morgan fingerprint density at radius 2 is 1.50 bits per heavy atom. The highest BCUT2D eigenvalue weighted by molar-refractivity contribution is 5.79. The molecule has 0 unspecified atom stereocenters. The lowest BCUT2D eigenvalue weighted by molar-refractivity contribution is -0.130. The molecule has 3 rings (SSSR count). The SMILES string of the molecule is CCc1ccc(N2CCN(C(=O)Cc3ccc(F)cc3)CC2)cc1. The van der Waals surface area contributed by atoms with Crippen LogP contribution < -0.4 is 4.90 Å². The van der Waals surface area contributed by atoms with Gasteiger partial charge in [0.2, 0.25) is 5.91 Å². The van der Waals surface area contributed by atoms with E-state index in [2.05, 4.69) is 36.1 Å². The minimum Gasteiger partial charge on any atom is -0.368 e. The number of rotatable bonds is 4. The predicted molar refractivity (Wildman–Crippen MR) is 94.7 cm³/mol. The molecule has 0 bridgehead atoms. The van der Waals surface area contributed by atoms with E-state index in [1.165, 1.54) is 23.4 Å². The summed E-state index contributed by atoms with van der Waals surface area (Å²) in [7, 11) is 0. The van der Waals surface area contributed by atoms with E-state index in [-0.39, 0.29) is 11.7 Å². The highest BCUT2D eigenvalue weighted by Gasteiger charge is 2.21. The van der Waals surface area contributed by atoms with Gasteiger partial charge in [-0.3, -0.25) is 4.79 Å². The van der Waals surface area contributed by atoms with Crippen LogP contribution in [-0.4, -0.2) is 37.0 Å². The fourth-order valence-corrected chi connectivity index (χ4v) is 3.05. The van der Waals surface area contributed by atoms with Crippen molar-refractivity contribution in [1.29, 1.82) is 0 Å². The van der Waals surface area contributed by atoms with Crippen molar-refractivity contribution in [2.45, 2.75) is 19.8 Å². The Morgan fingerprint density at radius 3 is 2.08 bits per heavy atom. The molecule has 0 saturated carbocycles. The van der Waals surface area contributed by atoms with Gasteiger partial charge >= 0.3 is 0 Å². The second kappa shape index (κ2) is 7.47. The highest BCUT2D eigenvalue weighted by atomic mass is 19.1. The number of carbonyl (C=O) groups excluding carboxylic acids is 1. The van der Waals surface area contributed by atoms with E-state index < -0.39 is 0 Å². The van der Waals surface area contributed by atoms with Crippen molar-refractivity contribution in [3.8, 4) is 0 Å². The first kappa shape index (κ1) is 16.5. The monoisotopic (exact) mass is 326 g/mol. The lowest BCUT2D eigenvalue weighted by atomic mass is 10.1. The van der Waals surface area contributed by atoms with Crippen LogP contribution in [0.25, 0.3) is 0 Å². The Morgan fingerprint density at radius 1 is 0.917 bits per heavy atom. The van der Waals surface area contributed by atoms with Gasteiger partial charge in [0.05, 0.1) is 6.42 Å². The van der Waals surface area contributed by atoms with E-state index in [1.807, 2.05) is 4.90 Å². The number of anilines is 1. The van der Waals surface area contributed by atoms with Gasteiger partial charge in [-0.2, -0.15) is 0 Å². The van der Waals surface area contributed by atoms with E-state index >= 15 is 0 Å². The van der Waals surface area contributed by atoms with Crippen molar-refractivity contribution < 1.29 is 9.18 Å². The number of halogens is 1. The first-order valence-corrected chi connectivity index (χ1v) is 8.52. The number of carbonyl (C=O) groups is 1. The third-order valence-corrected chi connectivity index (χ3v) is 4.61. The summed E-state index contributed by atoms with van der Waals surface area (Å²) in [6.07, 6.45) is 1.39. The number of benzene rings is 2. The van der Waals surface area contributed by atoms with Crippen LogP contribution in [0.5, 0.6) is 0 Å². The number of aryl methyl sites for hydroxylation is 1. The molecule has 1 saturated heterocycles. The maximum absolute atomic E-state index is 12.9. The Kier molecular flexibility index (Phi) is 5.14. The van der Waals surface area contributed by atoms with Crippen LogP contribution in [0.15, 0.2) is 48.5 Å². The molecule has 24 heavy (non-hydrogen) atoms. The summed E-state index contributed by atoms with van der Waals surface area (Å²) in [5, 5.41) is 0. The van der Waals surface area contributed by atoms with Crippen molar-refractivity contribution >= 4 is 11.6 Å². The molecule has 0 radical (unpaired) electrons. The minimum atomic E-state index is -0.270. The van der Waals surface area contributed by atoms with Crippen LogP contribution in [0.3, 0.4) is 0 Å². The predicted octanol–water partition coefficient (Wildman–Crippen LogP) is 3.28. The zero-order valence-corrected chi connectivity index (χ0v) is 14.0. The topological polar surface area (TPSA) is 23.6 Å². The largest absolute Gasteiger partial charge is 0.368 e. The quantitative estimate of drug-likeness (QED) is 0.861. The van der Waals surface area contributed by atoms with Crippen LogP contribution >= 0.6 is 0 Å². The molecule has 2 aromatic carbocycles. The van der Waals surface area contributed by atoms with Crippen LogP contribution in [0, 0.1) is 5.82 Å². The summed E-state index contributed by atoms with van der Waals surface area (Å²) >= 11 is 0. The number of amides is 1. The van der Waals surface area contributed by atoms with Crippen molar-refractivity contribution in [1.82, 2.24) is 4.90 Å². The Bertz CT molecular complexity index is 674. The van der Waals surface area contributed by atoms with Crippen LogP contribution in [-0.2, 0) is 17.6 Å². The number of hydrogen-bond donors (Lipinski definition) is 0. The molecule has 3 nitrogen and oxygen atoms in total. The highest BCUT2D eigenvalue weighted by Crippen LogP contribution is 2.18. The maximum atomic E-state index is 12.9. The lowest BCUT2D eigenvalue weighted by Crippen LogP contribution is -2.49. The first-order valence-electron chi connectivity index (χ1n) is 8.52. The summed E-state index contributed by atoms with van der Waals surface area (Å²) in [4.78, 5) is 16.6. The lowest BCUT2D eigenvalue weighted by Gasteiger charge is -2.36. The van der Waals surface area contributed by atoms with Crippen LogP contribution in [0.1, 0.15) is 18.1 Å². The third-order valence-electron chi connectivity index (χ3n) is 4.61. The fraction of sp³-hybridized carbons (Fsp3) is 0.350. The van der Waals surface area contributed by atoms with Gasteiger partial charge in [-0.1, -0.05) is 31.2 Å². The number of nitrogens with zero attached hydrogens (tertiary/aromatic N) is 2. The molecular weight excluding hydrogens is 303 g/mol. The van der Waals surface area contributed by atoms with Gasteiger partial charge in [0, 0.05) is 31.9 Å². The van der Waals surface area contributed by atoms with Crippen LogP contribution in [0.2, 0.25) is 0 Å². The fourth-order valence-electron chi connectivity index (χ4n) is 3.05. The smallest absolute Gasteiger partial charge is 0.227 e. The summed E-state index contributed by atoms with van der Waals surface area (Å²) in [6.45, 7) is 5.31. The molecule has 0 aromatic heterocycles. The minimum absolute atomic E-state index is 0.114. The van der Waals surface area contributed by atoms with Crippen molar-refractivity contribution in [2.75, 3.05) is 31.1 Å². The molecule has 1 fully saturated rings. The zero-order chi connectivity index (χ0) is 16.9. The van der Waals surface area contributed by atoms with E-state index in [9.17, 15) is 9.18 Å². The van der Waals surface area contributed by atoms with Crippen molar-refractivity contribution in [3.05, 3.63) is 65.5 Å². The summed E-state index contributed by atoms with van der Waals surface area (Å²) in [5.74, 6) is -0.156. The molecule has 0 N–H and O–H groups in total. The van der Waals surface area contributed by atoms with Crippen LogP contribution in [0.4, 0.5) is 10.1 Å². The normalized spacial score (nSPS) is 14.8. The Labute approximate surface area is 142 Å². The molecular formula is C20H23FN2O. The summed E-state index contributed by atoms with van der Waals surface area (Å²) < 4.78 is 12.9. The third kappa shape index (κ3) is 3.94. The Hall–Kier alpha value is -2.36. The number of hydrogen-bond acceptors (Lipinski definition) is 2. The average Bonchev–Trinajstić information content (AvgIpc) is 2.64. The van der Waals surface area contributed by atoms with Crippen molar-refractivity contribution in [2.24, 2.45) is 0 Å². The first-order chi connectivity index (χ1) is 11.7.